The maximum Gasteiger partial charge on any atom is 0.222 e. The van der Waals surface area contributed by atoms with Gasteiger partial charge in [0.05, 0.1) is 7.11 Å². The zero-order chi connectivity index (χ0) is 22.4. The normalized spacial score (nSPS) is 18.4. The summed E-state index contributed by atoms with van der Waals surface area (Å²) in [6, 6.07) is 8.89. The van der Waals surface area contributed by atoms with Crippen LogP contribution >= 0.6 is 0 Å². The molecule has 3 rings (SSSR count). The molecule has 0 bridgehead atoms. The molecular weight excluding hydrogens is 372 g/mol. The number of aromatic nitrogens is 2. The quantitative estimate of drug-likeness (QED) is 0.619. The molecule has 0 spiro atoms. The van der Waals surface area contributed by atoms with E-state index in [1.165, 1.54) is 24.0 Å². The first-order chi connectivity index (χ1) is 14.7. The summed E-state index contributed by atoms with van der Waals surface area (Å²) in [5.74, 6) is 2.29. The third-order valence-electron chi connectivity index (χ3n) is 5.36. The van der Waals surface area contributed by atoms with Gasteiger partial charge in [-0.3, -0.25) is 4.90 Å². The van der Waals surface area contributed by atoms with Crippen molar-refractivity contribution in [3.63, 3.8) is 0 Å². The van der Waals surface area contributed by atoms with Crippen molar-refractivity contribution in [3.05, 3.63) is 47.8 Å². The van der Waals surface area contributed by atoms with Crippen LogP contribution in [0.1, 0.15) is 65.5 Å². The Bertz CT molecular complexity index is 673. The molecule has 1 aromatic carbocycles. The number of aryl methyl sites for hydroxylation is 1. The highest BCUT2D eigenvalue weighted by Crippen LogP contribution is 2.25. The molecule has 0 amide bonds. The molecule has 2 aromatic rings. The molecule has 1 aromatic heterocycles. The largest absolute Gasteiger partial charge is 0.497 e. The number of benzene rings is 1. The highest BCUT2D eigenvalue weighted by molar-refractivity contribution is 5.28. The molecular formula is C25H42N4O. The molecule has 30 heavy (non-hydrogen) atoms. The smallest absolute Gasteiger partial charge is 0.222 e. The molecule has 2 heterocycles. The lowest BCUT2D eigenvalue weighted by atomic mass is 9.90. The third-order valence-corrected chi connectivity index (χ3v) is 5.36. The molecule has 1 fully saturated rings. The predicted molar refractivity (Wildman–Crippen MR) is 128 cm³/mol. The Morgan fingerprint density at radius 3 is 2.23 bits per heavy atom. The number of ether oxygens (including phenoxy) is 1. The molecule has 2 unspecified atom stereocenters. The van der Waals surface area contributed by atoms with Crippen LogP contribution in [0.15, 0.2) is 36.7 Å². The van der Waals surface area contributed by atoms with Gasteiger partial charge >= 0.3 is 0 Å². The van der Waals surface area contributed by atoms with Crippen LogP contribution < -0.4 is 10.1 Å². The minimum absolute atomic E-state index is 0.486. The summed E-state index contributed by atoms with van der Waals surface area (Å²) in [7, 11) is 1.71. The van der Waals surface area contributed by atoms with Crippen molar-refractivity contribution in [1.82, 2.24) is 14.9 Å². The van der Waals surface area contributed by atoms with Crippen molar-refractivity contribution in [2.45, 2.75) is 73.4 Å². The molecule has 5 heteroatoms. The Balaban J connectivity index is 0.00000106. The van der Waals surface area contributed by atoms with Crippen LogP contribution in [-0.4, -0.2) is 41.1 Å². The fourth-order valence-corrected chi connectivity index (χ4v) is 3.65. The Hall–Kier alpha value is -2.14. The first kappa shape index (κ1) is 25.9. The lowest BCUT2D eigenvalue weighted by molar-refractivity contribution is 0.102. The number of piperidine rings is 1. The standard InChI is InChI=1S/C21H30N4O.2C2H6/c1-4-17-12-22-21(23-13-17)24-14-20-16(2)6-5-11-25(20)15-18-7-9-19(26-3)10-8-18;2*1-2/h7-10,12-13,16,20H,4-6,11,14-15H2,1-3H3,(H,22,23,24);2*1-2H3. The van der Waals surface area contributed by atoms with Gasteiger partial charge < -0.3 is 10.1 Å². The molecule has 0 radical (unpaired) electrons. The van der Waals surface area contributed by atoms with Gasteiger partial charge in [-0.15, -0.1) is 0 Å². The number of hydrogen-bond donors (Lipinski definition) is 1. The van der Waals surface area contributed by atoms with E-state index < -0.39 is 0 Å². The van der Waals surface area contributed by atoms with Crippen molar-refractivity contribution in [2.75, 3.05) is 25.5 Å². The van der Waals surface area contributed by atoms with E-state index in [0.717, 1.165) is 37.8 Å². The summed E-state index contributed by atoms with van der Waals surface area (Å²) in [4.78, 5) is 11.5. The number of anilines is 1. The predicted octanol–water partition coefficient (Wildman–Crippen LogP) is 5.81. The van der Waals surface area contributed by atoms with Gasteiger partial charge in [-0.2, -0.15) is 0 Å². The molecule has 168 valence electrons. The molecule has 2 atom stereocenters. The van der Waals surface area contributed by atoms with Crippen LogP contribution in [0.25, 0.3) is 0 Å². The monoisotopic (exact) mass is 414 g/mol. The number of hydrogen-bond acceptors (Lipinski definition) is 5. The Kier molecular flexibility index (Phi) is 12.8. The van der Waals surface area contributed by atoms with Gasteiger partial charge in [0.15, 0.2) is 0 Å². The van der Waals surface area contributed by atoms with Crippen LogP contribution in [0, 0.1) is 5.92 Å². The van der Waals surface area contributed by atoms with E-state index in [9.17, 15) is 0 Å². The zero-order valence-corrected chi connectivity index (χ0v) is 20.1. The highest BCUT2D eigenvalue weighted by atomic mass is 16.5. The summed E-state index contributed by atoms with van der Waals surface area (Å²) in [6.07, 6.45) is 7.33. The fraction of sp³-hybridized carbons (Fsp3) is 0.600. The number of nitrogens with zero attached hydrogens (tertiary/aromatic N) is 3. The highest BCUT2D eigenvalue weighted by Gasteiger charge is 2.28. The minimum atomic E-state index is 0.486. The second-order valence-electron chi connectivity index (χ2n) is 7.15. The Morgan fingerprint density at radius 1 is 1.03 bits per heavy atom. The Morgan fingerprint density at radius 2 is 1.67 bits per heavy atom. The fourth-order valence-electron chi connectivity index (χ4n) is 3.65. The topological polar surface area (TPSA) is 50.3 Å². The summed E-state index contributed by atoms with van der Waals surface area (Å²) in [5.41, 5.74) is 2.50. The average molecular weight is 415 g/mol. The first-order valence-corrected chi connectivity index (χ1v) is 11.6. The van der Waals surface area contributed by atoms with Crippen LogP contribution in [0.2, 0.25) is 0 Å². The van der Waals surface area contributed by atoms with Gasteiger partial charge in [0.2, 0.25) is 5.95 Å². The second kappa shape index (κ2) is 14.8. The van der Waals surface area contributed by atoms with Gasteiger partial charge in [-0.25, -0.2) is 9.97 Å². The van der Waals surface area contributed by atoms with Gasteiger partial charge in [0.1, 0.15) is 5.75 Å². The first-order valence-electron chi connectivity index (χ1n) is 11.6. The van der Waals surface area contributed by atoms with E-state index in [4.69, 9.17) is 4.74 Å². The van der Waals surface area contributed by atoms with E-state index in [0.29, 0.717) is 12.0 Å². The lowest BCUT2D eigenvalue weighted by Crippen LogP contribution is -2.47. The van der Waals surface area contributed by atoms with Crippen molar-refractivity contribution in [1.29, 1.82) is 0 Å². The molecule has 1 aliphatic rings. The number of methoxy groups -OCH3 is 1. The summed E-state index contributed by atoms with van der Waals surface area (Å²) in [5, 5.41) is 3.45. The van der Waals surface area contributed by atoms with Crippen molar-refractivity contribution in [3.8, 4) is 5.75 Å². The van der Waals surface area contributed by atoms with E-state index in [-0.39, 0.29) is 0 Å². The van der Waals surface area contributed by atoms with Crippen LogP contribution in [0.3, 0.4) is 0 Å². The van der Waals surface area contributed by atoms with Crippen molar-refractivity contribution >= 4 is 5.95 Å². The molecule has 1 saturated heterocycles. The third kappa shape index (κ3) is 7.94. The second-order valence-corrected chi connectivity index (χ2v) is 7.15. The lowest BCUT2D eigenvalue weighted by Gasteiger charge is -2.40. The average Bonchev–Trinajstić information content (AvgIpc) is 2.82. The minimum Gasteiger partial charge on any atom is -0.497 e. The SMILES string of the molecule is CC.CC.CCc1cnc(NCC2C(C)CCCN2Cc2ccc(OC)cc2)nc1. The van der Waals surface area contributed by atoms with Gasteiger partial charge in [-0.1, -0.05) is 53.7 Å². The summed E-state index contributed by atoms with van der Waals surface area (Å²) < 4.78 is 5.26. The van der Waals surface area contributed by atoms with E-state index in [1.807, 2.05) is 52.2 Å². The Labute approximate surface area is 184 Å². The van der Waals surface area contributed by atoms with Gasteiger partial charge in [0.25, 0.3) is 0 Å². The maximum atomic E-state index is 5.26. The van der Waals surface area contributed by atoms with Crippen LogP contribution in [0.5, 0.6) is 5.75 Å². The van der Waals surface area contributed by atoms with Crippen molar-refractivity contribution < 1.29 is 4.74 Å². The number of likely N-dealkylation sites (tertiary alicyclic amines) is 1. The van der Waals surface area contributed by atoms with Gasteiger partial charge in [-0.05, 0) is 55.0 Å². The number of rotatable bonds is 7. The van der Waals surface area contributed by atoms with E-state index >= 15 is 0 Å². The van der Waals surface area contributed by atoms with Crippen LogP contribution in [-0.2, 0) is 13.0 Å². The van der Waals surface area contributed by atoms with Crippen LogP contribution in [0.4, 0.5) is 5.95 Å². The molecule has 5 nitrogen and oxygen atoms in total. The van der Waals surface area contributed by atoms with E-state index in [2.05, 4.69) is 46.2 Å². The summed E-state index contributed by atoms with van der Waals surface area (Å²) >= 11 is 0. The molecule has 0 aliphatic carbocycles. The van der Waals surface area contributed by atoms with Gasteiger partial charge in [0, 0.05) is 31.5 Å². The molecule has 1 N–H and O–H groups in total. The summed E-state index contributed by atoms with van der Waals surface area (Å²) in [6.45, 7) is 15.5. The zero-order valence-electron chi connectivity index (χ0n) is 20.1. The molecule has 0 saturated carbocycles. The van der Waals surface area contributed by atoms with Crippen molar-refractivity contribution in [2.24, 2.45) is 5.92 Å². The number of nitrogens with one attached hydrogen (secondary N) is 1. The van der Waals surface area contributed by atoms with E-state index in [1.54, 1.807) is 7.11 Å². The molecule has 1 aliphatic heterocycles. The maximum absolute atomic E-state index is 5.26.